The zero-order valence-electron chi connectivity index (χ0n) is 20.0. The average Bonchev–Trinajstić information content (AvgIpc) is 3.53. The number of furan rings is 1. The second kappa shape index (κ2) is 10.6. The molecule has 0 aliphatic heterocycles. The summed E-state index contributed by atoms with van der Waals surface area (Å²) in [5.41, 5.74) is 3.24. The van der Waals surface area contributed by atoms with Gasteiger partial charge in [0.05, 0.1) is 18.6 Å². The van der Waals surface area contributed by atoms with E-state index in [9.17, 15) is 9.59 Å². The normalized spacial score (nSPS) is 14.6. The molecule has 0 spiro atoms. The number of ether oxygens (including phenoxy) is 1. The van der Waals surface area contributed by atoms with Crippen LogP contribution in [0.2, 0.25) is 0 Å². The molecule has 3 aromatic rings. The molecule has 1 saturated carbocycles. The molecule has 1 fully saturated rings. The van der Waals surface area contributed by atoms with Crippen LogP contribution in [-0.4, -0.2) is 24.5 Å². The highest BCUT2D eigenvalue weighted by Gasteiger charge is 2.37. The maximum atomic E-state index is 13.9. The van der Waals surface area contributed by atoms with Gasteiger partial charge in [0.1, 0.15) is 11.8 Å². The largest absolute Gasteiger partial charge is 0.494 e. The fourth-order valence-electron chi connectivity index (χ4n) is 4.73. The third-order valence-corrected chi connectivity index (χ3v) is 6.35. The van der Waals surface area contributed by atoms with Crippen molar-refractivity contribution in [1.29, 1.82) is 0 Å². The van der Waals surface area contributed by atoms with Gasteiger partial charge in [0.2, 0.25) is 5.91 Å². The zero-order valence-corrected chi connectivity index (χ0v) is 20.0. The molecule has 0 saturated heterocycles. The summed E-state index contributed by atoms with van der Waals surface area (Å²) in [5.74, 6) is 0.353. The Hall–Kier alpha value is -3.54. The van der Waals surface area contributed by atoms with Crippen LogP contribution in [0.1, 0.15) is 65.9 Å². The summed E-state index contributed by atoms with van der Waals surface area (Å²) in [6.45, 7) is 6.39. The summed E-state index contributed by atoms with van der Waals surface area (Å²) in [5, 5.41) is 3.21. The van der Waals surface area contributed by atoms with E-state index in [1.54, 1.807) is 17.0 Å². The Balaban J connectivity index is 1.84. The standard InChI is InChI=1S/C28H32N2O4/c1-4-33-23-16-14-21(15-17-23)26(27(31)29-22-11-5-6-12-22)30(28(32)24-13-8-18-34-24)25-19(2)9-7-10-20(25)3/h7-10,13-18,22,26H,4-6,11-12H2,1-3H3,(H,29,31). The van der Waals surface area contributed by atoms with E-state index < -0.39 is 6.04 Å². The highest BCUT2D eigenvalue weighted by Crippen LogP contribution is 2.35. The third kappa shape index (κ3) is 5.01. The second-order valence-electron chi connectivity index (χ2n) is 8.79. The molecule has 6 nitrogen and oxygen atoms in total. The molecule has 2 aromatic carbocycles. The van der Waals surface area contributed by atoms with Crippen molar-refractivity contribution in [1.82, 2.24) is 5.32 Å². The van der Waals surface area contributed by atoms with Crippen LogP contribution < -0.4 is 15.0 Å². The van der Waals surface area contributed by atoms with Gasteiger partial charge in [-0.25, -0.2) is 0 Å². The average molecular weight is 461 g/mol. The molecule has 2 amide bonds. The number of rotatable bonds is 8. The predicted molar refractivity (Wildman–Crippen MR) is 132 cm³/mol. The second-order valence-corrected chi connectivity index (χ2v) is 8.79. The molecule has 1 N–H and O–H groups in total. The number of carbonyl (C=O) groups is 2. The summed E-state index contributed by atoms with van der Waals surface area (Å²) < 4.78 is 11.1. The minimum absolute atomic E-state index is 0.122. The summed E-state index contributed by atoms with van der Waals surface area (Å²) in [4.78, 5) is 29.3. The molecule has 1 aromatic heterocycles. The Bertz CT molecular complexity index is 1100. The van der Waals surface area contributed by atoms with Crippen LogP contribution >= 0.6 is 0 Å². The number of anilines is 1. The van der Waals surface area contributed by atoms with Gasteiger partial charge in [-0.15, -0.1) is 0 Å². The van der Waals surface area contributed by atoms with Gasteiger partial charge in [-0.2, -0.15) is 0 Å². The van der Waals surface area contributed by atoms with Crippen molar-refractivity contribution in [3.05, 3.63) is 83.3 Å². The Kier molecular flexibility index (Phi) is 7.36. The lowest BCUT2D eigenvalue weighted by Gasteiger charge is -2.33. The van der Waals surface area contributed by atoms with Crippen LogP contribution in [0.3, 0.4) is 0 Å². The number of amides is 2. The number of hydrogen-bond donors (Lipinski definition) is 1. The number of aryl methyl sites for hydroxylation is 2. The van der Waals surface area contributed by atoms with Crippen molar-refractivity contribution < 1.29 is 18.7 Å². The molecule has 6 heteroatoms. The first-order chi connectivity index (χ1) is 16.5. The van der Waals surface area contributed by atoms with E-state index >= 15 is 0 Å². The zero-order chi connectivity index (χ0) is 24.1. The van der Waals surface area contributed by atoms with E-state index in [-0.39, 0.29) is 23.6 Å². The summed E-state index contributed by atoms with van der Waals surface area (Å²) in [6.07, 6.45) is 5.59. The number of hydrogen-bond acceptors (Lipinski definition) is 4. The number of nitrogens with zero attached hydrogens (tertiary/aromatic N) is 1. The molecular weight excluding hydrogens is 428 g/mol. The first-order valence-electron chi connectivity index (χ1n) is 12.0. The number of carbonyl (C=O) groups excluding carboxylic acids is 2. The smallest absolute Gasteiger partial charge is 0.294 e. The number of para-hydroxylation sites is 1. The fraction of sp³-hybridized carbons (Fsp3) is 0.357. The Morgan fingerprint density at radius 2 is 1.71 bits per heavy atom. The molecule has 1 atom stereocenters. The lowest BCUT2D eigenvalue weighted by Crippen LogP contribution is -2.46. The van der Waals surface area contributed by atoms with Gasteiger partial charge >= 0.3 is 0 Å². The highest BCUT2D eigenvalue weighted by atomic mass is 16.5. The molecular formula is C28H32N2O4. The molecule has 0 radical (unpaired) electrons. The predicted octanol–water partition coefficient (Wildman–Crippen LogP) is 5.74. The quantitative estimate of drug-likeness (QED) is 0.465. The van der Waals surface area contributed by atoms with Gasteiger partial charge in [0, 0.05) is 6.04 Å². The van der Waals surface area contributed by atoms with Crippen molar-refractivity contribution in [2.24, 2.45) is 0 Å². The molecule has 1 aliphatic carbocycles. The molecule has 178 valence electrons. The maximum Gasteiger partial charge on any atom is 0.294 e. The first kappa shape index (κ1) is 23.6. The Labute approximate surface area is 200 Å². The van der Waals surface area contributed by atoms with Crippen molar-refractivity contribution in [2.45, 2.75) is 58.5 Å². The van der Waals surface area contributed by atoms with Crippen LogP contribution in [-0.2, 0) is 4.79 Å². The number of benzene rings is 2. The van der Waals surface area contributed by atoms with Gasteiger partial charge in [-0.1, -0.05) is 43.2 Å². The highest BCUT2D eigenvalue weighted by molar-refractivity contribution is 6.09. The summed E-state index contributed by atoms with van der Waals surface area (Å²) in [7, 11) is 0. The molecule has 4 rings (SSSR count). The SMILES string of the molecule is CCOc1ccc(C(C(=O)NC2CCCC2)N(C(=O)c2ccco2)c2c(C)cccc2C)cc1. The van der Waals surface area contributed by atoms with E-state index in [0.717, 1.165) is 42.6 Å². The van der Waals surface area contributed by atoms with Crippen molar-refractivity contribution in [3.63, 3.8) is 0 Å². The van der Waals surface area contributed by atoms with E-state index in [1.807, 2.05) is 63.2 Å². The monoisotopic (exact) mass is 460 g/mol. The molecule has 1 aliphatic rings. The van der Waals surface area contributed by atoms with Gasteiger partial charge in [-0.05, 0) is 74.6 Å². The minimum atomic E-state index is -0.867. The molecule has 34 heavy (non-hydrogen) atoms. The van der Waals surface area contributed by atoms with Gasteiger partial charge in [0.15, 0.2) is 5.76 Å². The number of nitrogens with one attached hydrogen (secondary N) is 1. The van der Waals surface area contributed by atoms with Gasteiger partial charge in [0.25, 0.3) is 5.91 Å². The van der Waals surface area contributed by atoms with Crippen molar-refractivity contribution >= 4 is 17.5 Å². The fourth-order valence-corrected chi connectivity index (χ4v) is 4.73. The van der Waals surface area contributed by atoms with Crippen LogP contribution in [0.4, 0.5) is 5.69 Å². The molecule has 0 bridgehead atoms. The summed E-state index contributed by atoms with van der Waals surface area (Å²) >= 11 is 0. The first-order valence-corrected chi connectivity index (χ1v) is 12.0. The lowest BCUT2D eigenvalue weighted by molar-refractivity contribution is -0.123. The van der Waals surface area contributed by atoms with Crippen LogP contribution in [0.15, 0.2) is 65.3 Å². The van der Waals surface area contributed by atoms with Crippen LogP contribution in [0.25, 0.3) is 0 Å². The summed E-state index contributed by atoms with van der Waals surface area (Å²) in [6, 6.07) is 15.8. The molecule has 1 unspecified atom stereocenters. The van der Waals surface area contributed by atoms with E-state index in [0.29, 0.717) is 17.9 Å². The Morgan fingerprint density at radius 1 is 1.03 bits per heavy atom. The van der Waals surface area contributed by atoms with Crippen molar-refractivity contribution in [2.75, 3.05) is 11.5 Å². The van der Waals surface area contributed by atoms with Crippen LogP contribution in [0, 0.1) is 13.8 Å². The van der Waals surface area contributed by atoms with E-state index in [1.165, 1.54) is 6.26 Å². The van der Waals surface area contributed by atoms with Crippen LogP contribution in [0.5, 0.6) is 5.75 Å². The van der Waals surface area contributed by atoms with Gasteiger partial charge < -0.3 is 14.5 Å². The topological polar surface area (TPSA) is 71.8 Å². The van der Waals surface area contributed by atoms with E-state index in [4.69, 9.17) is 9.15 Å². The van der Waals surface area contributed by atoms with Gasteiger partial charge in [-0.3, -0.25) is 14.5 Å². The Morgan fingerprint density at radius 3 is 2.29 bits per heavy atom. The van der Waals surface area contributed by atoms with E-state index in [2.05, 4.69) is 5.32 Å². The minimum Gasteiger partial charge on any atom is -0.494 e. The molecule has 1 heterocycles. The maximum absolute atomic E-state index is 13.9. The third-order valence-electron chi connectivity index (χ3n) is 6.35. The van der Waals surface area contributed by atoms with Crippen molar-refractivity contribution in [3.8, 4) is 5.75 Å². The lowest BCUT2D eigenvalue weighted by atomic mass is 9.99.